The van der Waals surface area contributed by atoms with Gasteiger partial charge in [-0.3, -0.25) is 9.59 Å². The highest BCUT2D eigenvalue weighted by molar-refractivity contribution is 9.10. The zero-order valence-corrected chi connectivity index (χ0v) is 14.7. The molecule has 8 heteroatoms. The van der Waals surface area contributed by atoms with Crippen LogP contribution >= 0.6 is 15.9 Å². The maximum atomic E-state index is 12.0. The number of carboxylic acids is 1. The van der Waals surface area contributed by atoms with E-state index in [1.807, 2.05) is 0 Å². The fourth-order valence-corrected chi connectivity index (χ4v) is 3.10. The van der Waals surface area contributed by atoms with Crippen molar-refractivity contribution in [3.63, 3.8) is 0 Å². The molecule has 0 aromatic heterocycles. The van der Waals surface area contributed by atoms with Crippen LogP contribution in [0.5, 0.6) is 0 Å². The van der Waals surface area contributed by atoms with Gasteiger partial charge in [-0.1, -0.05) is 28.1 Å². The first kappa shape index (κ1) is 18.6. The maximum Gasteiger partial charge on any atom is 0.310 e. The number of hydrogen-bond donors (Lipinski definition) is 2. The SMILES string of the molecule is CC(C)(CNC(=O)CS(=O)(=O)Cc1ccc(Br)cc1)C(=O)O. The molecule has 0 aliphatic carbocycles. The van der Waals surface area contributed by atoms with E-state index in [1.165, 1.54) is 13.8 Å². The Hall–Kier alpha value is -1.41. The highest BCUT2D eigenvalue weighted by Gasteiger charge is 2.28. The topological polar surface area (TPSA) is 101 Å². The van der Waals surface area contributed by atoms with Crippen LogP contribution in [-0.2, 0) is 25.2 Å². The van der Waals surface area contributed by atoms with Crippen molar-refractivity contribution in [2.75, 3.05) is 12.3 Å². The van der Waals surface area contributed by atoms with E-state index >= 15 is 0 Å². The molecular formula is C14H18BrNO5S. The molecule has 2 N–H and O–H groups in total. The lowest BCUT2D eigenvalue weighted by Crippen LogP contribution is -2.41. The first-order valence-electron chi connectivity index (χ1n) is 6.47. The number of benzene rings is 1. The number of nitrogens with one attached hydrogen (secondary N) is 1. The minimum Gasteiger partial charge on any atom is -0.481 e. The molecule has 1 aromatic carbocycles. The lowest BCUT2D eigenvalue weighted by Gasteiger charge is -2.19. The van der Waals surface area contributed by atoms with Crippen LogP contribution in [0.1, 0.15) is 19.4 Å². The van der Waals surface area contributed by atoms with Gasteiger partial charge in [-0.2, -0.15) is 0 Å². The minimum atomic E-state index is -3.61. The Morgan fingerprint density at radius 1 is 1.23 bits per heavy atom. The normalized spacial score (nSPS) is 12.0. The Labute approximate surface area is 138 Å². The number of rotatable bonds is 7. The molecule has 0 aliphatic heterocycles. The van der Waals surface area contributed by atoms with Crippen molar-refractivity contribution in [3.8, 4) is 0 Å². The van der Waals surface area contributed by atoms with Gasteiger partial charge in [0.1, 0.15) is 5.75 Å². The Kier molecular flexibility index (Phi) is 6.13. The van der Waals surface area contributed by atoms with Crippen LogP contribution in [0.25, 0.3) is 0 Å². The van der Waals surface area contributed by atoms with Crippen molar-refractivity contribution in [1.29, 1.82) is 0 Å². The smallest absolute Gasteiger partial charge is 0.310 e. The number of sulfone groups is 1. The van der Waals surface area contributed by atoms with E-state index in [0.29, 0.717) is 5.56 Å². The molecule has 6 nitrogen and oxygen atoms in total. The van der Waals surface area contributed by atoms with Gasteiger partial charge in [-0.05, 0) is 31.5 Å². The second-order valence-electron chi connectivity index (χ2n) is 5.62. The van der Waals surface area contributed by atoms with Crippen LogP contribution in [-0.4, -0.2) is 37.7 Å². The fraction of sp³-hybridized carbons (Fsp3) is 0.429. The van der Waals surface area contributed by atoms with Gasteiger partial charge in [0.15, 0.2) is 9.84 Å². The van der Waals surface area contributed by atoms with Crippen LogP contribution < -0.4 is 5.32 Å². The van der Waals surface area contributed by atoms with E-state index in [-0.39, 0.29) is 12.3 Å². The van der Waals surface area contributed by atoms with Gasteiger partial charge in [0, 0.05) is 11.0 Å². The van der Waals surface area contributed by atoms with Crippen LogP contribution in [0.15, 0.2) is 28.7 Å². The molecule has 0 heterocycles. The molecule has 122 valence electrons. The van der Waals surface area contributed by atoms with Gasteiger partial charge in [-0.25, -0.2) is 8.42 Å². The summed E-state index contributed by atoms with van der Waals surface area (Å²) < 4.78 is 24.8. The molecule has 0 aliphatic rings. The van der Waals surface area contributed by atoms with Crippen molar-refractivity contribution in [3.05, 3.63) is 34.3 Å². The van der Waals surface area contributed by atoms with Crippen molar-refractivity contribution in [2.24, 2.45) is 5.41 Å². The van der Waals surface area contributed by atoms with E-state index in [9.17, 15) is 18.0 Å². The molecule has 22 heavy (non-hydrogen) atoms. The molecule has 0 bridgehead atoms. The summed E-state index contributed by atoms with van der Waals surface area (Å²) in [5.41, 5.74) is -0.563. The second-order valence-corrected chi connectivity index (χ2v) is 8.60. The van der Waals surface area contributed by atoms with E-state index in [2.05, 4.69) is 21.2 Å². The van der Waals surface area contributed by atoms with Crippen molar-refractivity contribution in [2.45, 2.75) is 19.6 Å². The van der Waals surface area contributed by atoms with Crippen LogP contribution in [0.3, 0.4) is 0 Å². The molecule has 1 aromatic rings. The van der Waals surface area contributed by atoms with Gasteiger partial charge in [0.25, 0.3) is 0 Å². The van der Waals surface area contributed by atoms with Gasteiger partial charge in [-0.15, -0.1) is 0 Å². The number of carboxylic acid groups (broad SMARTS) is 1. The number of carbonyl (C=O) groups excluding carboxylic acids is 1. The number of carbonyl (C=O) groups is 2. The molecule has 0 spiro atoms. The van der Waals surface area contributed by atoms with Crippen molar-refractivity contribution in [1.82, 2.24) is 5.32 Å². The number of aliphatic carboxylic acids is 1. The molecular weight excluding hydrogens is 374 g/mol. The summed E-state index contributed by atoms with van der Waals surface area (Å²) in [7, 11) is -3.61. The van der Waals surface area contributed by atoms with Crippen LogP contribution in [0, 0.1) is 5.41 Å². The first-order chi connectivity index (χ1) is 10.0. The fourth-order valence-electron chi connectivity index (χ4n) is 1.53. The highest BCUT2D eigenvalue weighted by Crippen LogP contribution is 2.14. The molecule has 0 unspecified atom stereocenters. The molecule has 1 amide bonds. The summed E-state index contributed by atoms with van der Waals surface area (Å²) in [5, 5.41) is 11.3. The number of amides is 1. The third-order valence-electron chi connectivity index (χ3n) is 2.96. The average molecular weight is 392 g/mol. The van der Waals surface area contributed by atoms with Gasteiger partial charge in [0.05, 0.1) is 11.2 Å². The number of halogens is 1. The Morgan fingerprint density at radius 2 is 1.77 bits per heavy atom. The third-order valence-corrected chi connectivity index (χ3v) is 4.96. The van der Waals surface area contributed by atoms with E-state index in [0.717, 1.165) is 4.47 Å². The standard InChI is InChI=1S/C14H18BrNO5S/c1-14(2,13(18)19)9-16-12(17)8-22(20,21)7-10-3-5-11(15)6-4-10/h3-6H,7-9H2,1-2H3,(H,16,17)(H,18,19). The summed E-state index contributed by atoms with van der Waals surface area (Å²) in [6.45, 7) is 2.77. The summed E-state index contributed by atoms with van der Waals surface area (Å²) in [6.07, 6.45) is 0. The zero-order chi connectivity index (χ0) is 17.0. The Morgan fingerprint density at radius 3 is 2.27 bits per heavy atom. The molecule has 0 radical (unpaired) electrons. The summed E-state index contributed by atoms with van der Waals surface area (Å²) >= 11 is 3.25. The number of hydrogen-bond acceptors (Lipinski definition) is 4. The second kappa shape index (κ2) is 7.23. The van der Waals surface area contributed by atoms with Crippen LogP contribution in [0.4, 0.5) is 0 Å². The van der Waals surface area contributed by atoms with Crippen molar-refractivity contribution < 1.29 is 23.1 Å². The zero-order valence-electron chi connectivity index (χ0n) is 12.3. The highest BCUT2D eigenvalue weighted by atomic mass is 79.9. The Balaban J connectivity index is 2.59. The lowest BCUT2D eigenvalue weighted by atomic mass is 9.94. The monoisotopic (exact) mass is 391 g/mol. The summed E-state index contributed by atoms with van der Waals surface area (Å²) in [4.78, 5) is 22.6. The predicted octanol–water partition coefficient (Wildman–Crippen LogP) is 1.59. The largest absolute Gasteiger partial charge is 0.481 e. The van der Waals surface area contributed by atoms with Crippen molar-refractivity contribution >= 4 is 37.6 Å². The molecule has 0 fully saturated rings. The van der Waals surface area contributed by atoms with Gasteiger partial charge < -0.3 is 10.4 Å². The molecule has 0 atom stereocenters. The average Bonchev–Trinajstić information content (AvgIpc) is 2.38. The van der Waals surface area contributed by atoms with Crippen LogP contribution in [0.2, 0.25) is 0 Å². The van der Waals surface area contributed by atoms with E-state index < -0.39 is 32.9 Å². The van der Waals surface area contributed by atoms with E-state index in [1.54, 1.807) is 24.3 Å². The summed E-state index contributed by atoms with van der Waals surface area (Å²) in [5.74, 6) is -2.67. The predicted molar refractivity (Wildman–Crippen MR) is 86.1 cm³/mol. The van der Waals surface area contributed by atoms with Gasteiger partial charge >= 0.3 is 5.97 Å². The first-order valence-corrected chi connectivity index (χ1v) is 9.08. The Bertz CT molecular complexity index is 652. The maximum absolute atomic E-state index is 12.0. The molecule has 0 saturated heterocycles. The minimum absolute atomic E-state index is 0.130. The molecule has 1 rings (SSSR count). The molecule has 0 saturated carbocycles. The van der Waals surface area contributed by atoms with E-state index in [4.69, 9.17) is 5.11 Å². The quantitative estimate of drug-likeness (QED) is 0.734. The summed E-state index contributed by atoms with van der Waals surface area (Å²) in [6, 6.07) is 6.76. The lowest BCUT2D eigenvalue weighted by molar-refractivity contribution is -0.146. The third kappa shape index (κ3) is 6.15. The van der Waals surface area contributed by atoms with Gasteiger partial charge in [0.2, 0.25) is 5.91 Å².